The van der Waals surface area contributed by atoms with Crippen LogP contribution in [0.25, 0.3) is 0 Å². The van der Waals surface area contributed by atoms with Crippen molar-refractivity contribution in [2.45, 2.75) is 12.3 Å². The number of amides is 3. The molecule has 3 N–H and O–H groups in total. The first-order chi connectivity index (χ1) is 14.6. The van der Waals surface area contributed by atoms with Gasteiger partial charge in [0, 0.05) is 25.2 Å². The van der Waals surface area contributed by atoms with Gasteiger partial charge >= 0.3 is 6.03 Å². The van der Waals surface area contributed by atoms with Gasteiger partial charge in [-0.25, -0.2) is 4.79 Å². The molecular formula is C24H24ClN3O2. The van der Waals surface area contributed by atoms with Crippen molar-refractivity contribution in [2.75, 3.05) is 18.9 Å². The molecule has 154 valence electrons. The number of hydrogen-bond acceptors (Lipinski definition) is 2. The fraction of sp³-hybridized carbons (Fsp3) is 0.167. The Morgan fingerprint density at radius 3 is 2.03 bits per heavy atom. The fourth-order valence-electron chi connectivity index (χ4n) is 3.31. The van der Waals surface area contributed by atoms with E-state index in [1.165, 1.54) is 18.2 Å². The number of benzene rings is 3. The standard InChI is InChI=1S/C24H24ClN3O2/c1-26-23(29)21-13-12-19(16-22(21)25)28-24(30)27-15-14-20(17-8-4-2-5-9-17)18-10-6-3-7-11-18/h2-13,16,20H,14-15H2,1H3,(H,26,29)(H2,27,28,30). The zero-order valence-electron chi connectivity index (χ0n) is 16.7. The van der Waals surface area contributed by atoms with E-state index in [9.17, 15) is 9.59 Å². The monoisotopic (exact) mass is 421 g/mol. The summed E-state index contributed by atoms with van der Waals surface area (Å²) in [4.78, 5) is 24.0. The first-order valence-corrected chi connectivity index (χ1v) is 10.1. The Morgan fingerprint density at radius 2 is 1.50 bits per heavy atom. The lowest BCUT2D eigenvalue weighted by Gasteiger charge is -2.18. The second-order valence-corrected chi connectivity index (χ2v) is 7.22. The number of urea groups is 1. The Kier molecular flexibility index (Phi) is 7.46. The second kappa shape index (κ2) is 10.5. The van der Waals surface area contributed by atoms with Crippen molar-refractivity contribution in [3.05, 3.63) is 101 Å². The molecule has 6 heteroatoms. The zero-order chi connectivity index (χ0) is 21.3. The molecule has 3 rings (SSSR count). The van der Waals surface area contributed by atoms with Crippen LogP contribution in [0.4, 0.5) is 10.5 Å². The highest BCUT2D eigenvalue weighted by molar-refractivity contribution is 6.34. The Bertz CT molecular complexity index is 954. The van der Waals surface area contributed by atoms with E-state index in [4.69, 9.17) is 11.6 Å². The van der Waals surface area contributed by atoms with Gasteiger partial charge in [0.05, 0.1) is 10.6 Å². The van der Waals surface area contributed by atoms with E-state index in [1.54, 1.807) is 18.2 Å². The van der Waals surface area contributed by atoms with E-state index in [2.05, 4.69) is 40.2 Å². The zero-order valence-corrected chi connectivity index (χ0v) is 17.4. The van der Waals surface area contributed by atoms with Crippen LogP contribution in [-0.4, -0.2) is 25.5 Å². The van der Waals surface area contributed by atoms with Crippen LogP contribution in [0.5, 0.6) is 0 Å². The number of carbonyl (C=O) groups excluding carboxylic acids is 2. The van der Waals surface area contributed by atoms with Crippen molar-refractivity contribution in [2.24, 2.45) is 0 Å². The Morgan fingerprint density at radius 1 is 0.900 bits per heavy atom. The molecule has 0 aliphatic carbocycles. The molecule has 0 unspecified atom stereocenters. The quantitative estimate of drug-likeness (QED) is 0.500. The summed E-state index contributed by atoms with van der Waals surface area (Å²) in [6.45, 7) is 0.504. The number of carbonyl (C=O) groups is 2. The molecule has 0 heterocycles. The molecular weight excluding hydrogens is 398 g/mol. The molecule has 3 amide bonds. The molecule has 0 saturated carbocycles. The van der Waals surface area contributed by atoms with Crippen molar-refractivity contribution in [1.82, 2.24) is 10.6 Å². The van der Waals surface area contributed by atoms with Crippen LogP contribution >= 0.6 is 11.6 Å². The summed E-state index contributed by atoms with van der Waals surface area (Å²) in [5, 5.41) is 8.45. The Hall–Kier alpha value is -3.31. The highest BCUT2D eigenvalue weighted by atomic mass is 35.5. The van der Waals surface area contributed by atoms with E-state index >= 15 is 0 Å². The van der Waals surface area contributed by atoms with Crippen molar-refractivity contribution < 1.29 is 9.59 Å². The van der Waals surface area contributed by atoms with E-state index in [1.807, 2.05) is 36.4 Å². The molecule has 0 atom stereocenters. The van der Waals surface area contributed by atoms with Gasteiger partial charge in [-0.1, -0.05) is 72.3 Å². The van der Waals surface area contributed by atoms with Gasteiger partial charge in [-0.3, -0.25) is 4.79 Å². The van der Waals surface area contributed by atoms with Gasteiger partial charge in [-0.2, -0.15) is 0 Å². The van der Waals surface area contributed by atoms with Crippen molar-refractivity contribution in [3.63, 3.8) is 0 Å². The Labute approximate surface area is 181 Å². The summed E-state index contributed by atoms with van der Waals surface area (Å²) in [5.74, 6) is -0.0853. The summed E-state index contributed by atoms with van der Waals surface area (Å²) in [7, 11) is 1.54. The summed E-state index contributed by atoms with van der Waals surface area (Å²) in [6, 6.07) is 25.0. The molecule has 0 fully saturated rings. The van der Waals surface area contributed by atoms with Gasteiger partial charge in [0.15, 0.2) is 0 Å². The van der Waals surface area contributed by atoms with Gasteiger partial charge in [0.25, 0.3) is 5.91 Å². The van der Waals surface area contributed by atoms with E-state index in [0.29, 0.717) is 17.8 Å². The first-order valence-electron chi connectivity index (χ1n) is 9.75. The molecule has 0 spiro atoms. The molecule has 3 aromatic carbocycles. The number of rotatable bonds is 7. The largest absolute Gasteiger partial charge is 0.355 e. The normalized spacial score (nSPS) is 10.5. The number of anilines is 1. The highest BCUT2D eigenvalue weighted by Gasteiger charge is 2.14. The van der Waals surface area contributed by atoms with Gasteiger partial charge in [-0.05, 0) is 35.7 Å². The minimum atomic E-state index is -0.321. The molecule has 3 aromatic rings. The lowest BCUT2D eigenvalue weighted by Crippen LogP contribution is -2.30. The molecule has 0 radical (unpaired) electrons. The van der Waals surface area contributed by atoms with Crippen LogP contribution in [0.2, 0.25) is 5.02 Å². The van der Waals surface area contributed by atoms with Gasteiger partial charge in [0.1, 0.15) is 0 Å². The van der Waals surface area contributed by atoms with Gasteiger partial charge in [0.2, 0.25) is 0 Å². The third-order valence-corrected chi connectivity index (χ3v) is 5.13. The van der Waals surface area contributed by atoms with Gasteiger partial charge in [-0.15, -0.1) is 0 Å². The molecule has 0 bridgehead atoms. The summed E-state index contributed by atoms with van der Waals surface area (Å²) < 4.78 is 0. The molecule has 0 aliphatic rings. The number of halogens is 1. The first kappa shape index (κ1) is 21.4. The fourth-order valence-corrected chi connectivity index (χ4v) is 3.58. The predicted molar refractivity (Wildman–Crippen MR) is 121 cm³/mol. The van der Waals surface area contributed by atoms with Crippen LogP contribution < -0.4 is 16.0 Å². The predicted octanol–water partition coefficient (Wildman–Crippen LogP) is 5.04. The maximum Gasteiger partial charge on any atom is 0.319 e. The number of nitrogens with one attached hydrogen (secondary N) is 3. The molecule has 0 aliphatic heterocycles. The average Bonchev–Trinajstić information content (AvgIpc) is 2.77. The third kappa shape index (κ3) is 5.61. The summed E-state index contributed by atoms with van der Waals surface area (Å²) in [6.07, 6.45) is 0.762. The van der Waals surface area contributed by atoms with Crippen LogP contribution in [0.15, 0.2) is 78.9 Å². The average molecular weight is 422 g/mol. The van der Waals surface area contributed by atoms with Crippen LogP contribution in [0.3, 0.4) is 0 Å². The van der Waals surface area contributed by atoms with E-state index in [0.717, 1.165) is 6.42 Å². The van der Waals surface area contributed by atoms with Crippen molar-refractivity contribution >= 4 is 29.2 Å². The van der Waals surface area contributed by atoms with E-state index in [-0.39, 0.29) is 22.9 Å². The minimum Gasteiger partial charge on any atom is -0.355 e. The van der Waals surface area contributed by atoms with Crippen LogP contribution in [0.1, 0.15) is 33.8 Å². The highest BCUT2D eigenvalue weighted by Crippen LogP contribution is 2.27. The summed E-state index contributed by atoms with van der Waals surface area (Å²) >= 11 is 6.14. The second-order valence-electron chi connectivity index (χ2n) is 6.82. The van der Waals surface area contributed by atoms with E-state index < -0.39 is 0 Å². The molecule has 0 aromatic heterocycles. The van der Waals surface area contributed by atoms with Crippen molar-refractivity contribution in [1.29, 1.82) is 0 Å². The van der Waals surface area contributed by atoms with Gasteiger partial charge < -0.3 is 16.0 Å². The molecule has 30 heavy (non-hydrogen) atoms. The molecule has 5 nitrogen and oxygen atoms in total. The SMILES string of the molecule is CNC(=O)c1ccc(NC(=O)NCCC(c2ccccc2)c2ccccc2)cc1Cl. The maximum atomic E-state index is 12.3. The lowest BCUT2D eigenvalue weighted by atomic mass is 9.88. The Balaban J connectivity index is 1.60. The number of hydrogen-bond donors (Lipinski definition) is 3. The lowest BCUT2D eigenvalue weighted by molar-refractivity contribution is 0.0963. The third-order valence-electron chi connectivity index (χ3n) is 4.82. The van der Waals surface area contributed by atoms with Crippen LogP contribution in [0, 0.1) is 0 Å². The molecule has 0 saturated heterocycles. The van der Waals surface area contributed by atoms with Crippen LogP contribution in [-0.2, 0) is 0 Å². The van der Waals surface area contributed by atoms with Crippen molar-refractivity contribution in [3.8, 4) is 0 Å². The topological polar surface area (TPSA) is 70.2 Å². The summed E-state index contributed by atoms with van der Waals surface area (Å²) in [5.41, 5.74) is 3.30. The minimum absolute atomic E-state index is 0.189. The maximum absolute atomic E-state index is 12.3. The smallest absolute Gasteiger partial charge is 0.319 e.